The highest BCUT2D eigenvalue weighted by molar-refractivity contribution is 6.09. The number of aryl methyl sites for hydroxylation is 2. The number of aromatic nitrogens is 3. The van der Waals surface area contributed by atoms with E-state index in [9.17, 15) is 0 Å². The third-order valence-corrected chi connectivity index (χ3v) is 11.0. The largest absolute Gasteiger partial charge is 0.309 e. The zero-order valence-corrected chi connectivity index (χ0v) is 32.8. The second kappa shape index (κ2) is 16.0. The molecule has 0 saturated carbocycles. The summed E-state index contributed by atoms with van der Waals surface area (Å²) in [7, 11) is 0. The fourth-order valence-corrected chi connectivity index (χ4v) is 8.03. The van der Waals surface area contributed by atoms with Gasteiger partial charge in [0, 0.05) is 33.2 Å². The van der Waals surface area contributed by atoms with Crippen LogP contribution in [-0.4, -0.2) is 14.5 Å². The molecule has 58 heavy (non-hydrogen) atoms. The molecule has 2 aromatic heterocycles. The van der Waals surface area contributed by atoms with Crippen LogP contribution in [0.4, 0.5) is 0 Å². The van der Waals surface area contributed by atoms with Gasteiger partial charge in [0.25, 0.3) is 0 Å². The van der Waals surface area contributed by atoms with Crippen LogP contribution in [0.2, 0.25) is 0 Å². The van der Waals surface area contributed by atoms with E-state index in [4.69, 9.17) is 9.97 Å². The minimum Gasteiger partial charge on any atom is -0.309 e. The molecular formula is C55H43N3. The van der Waals surface area contributed by atoms with Crippen LogP contribution < -0.4 is 0 Å². The molecule has 2 heterocycles. The first-order chi connectivity index (χ1) is 28.6. The van der Waals surface area contributed by atoms with Crippen LogP contribution in [0.25, 0.3) is 77.8 Å². The van der Waals surface area contributed by atoms with Crippen molar-refractivity contribution in [1.82, 2.24) is 14.5 Å². The van der Waals surface area contributed by atoms with Crippen molar-refractivity contribution in [3.8, 4) is 50.5 Å². The molecule has 0 unspecified atom stereocenters. The predicted octanol–water partition coefficient (Wildman–Crippen LogP) is 14.2. The zero-order valence-electron chi connectivity index (χ0n) is 32.8. The molecule has 0 fully saturated rings. The van der Waals surface area contributed by atoms with E-state index in [0.29, 0.717) is 5.82 Å². The second-order valence-corrected chi connectivity index (χ2v) is 14.7. The van der Waals surface area contributed by atoms with Gasteiger partial charge in [-0.3, -0.25) is 0 Å². The first kappa shape index (κ1) is 36.3. The lowest BCUT2D eigenvalue weighted by Crippen LogP contribution is -1.98. The molecule has 0 aliphatic rings. The maximum Gasteiger partial charge on any atom is 0.160 e. The van der Waals surface area contributed by atoms with Crippen molar-refractivity contribution in [2.75, 3.05) is 0 Å². The van der Waals surface area contributed by atoms with Gasteiger partial charge < -0.3 is 4.57 Å². The summed E-state index contributed by atoms with van der Waals surface area (Å²) in [5.41, 5.74) is 17.0. The zero-order chi connectivity index (χ0) is 39.4. The molecular weight excluding hydrogens is 703 g/mol. The molecule has 0 aliphatic heterocycles. The minimum absolute atomic E-state index is 0.644. The van der Waals surface area contributed by atoms with Crippen LogP contribution in [0.3, 0.4) is 0 Å². The minimum atomic E-state index is 0.644. The predicted molar refractivity (Wildman–Crippen MR) is 245 cm³/mol. The fourth-order valence-electron chi connectivity index (χ4n) is 8.03. The molecule has 0 bridgehead atoms. The number of para-hydroxylation sites is 1. The van der Waals surface area contributed by atoms with Gasteiger partial charge in [-0.25, -0.2) is 9.97 Å². The molecule has 0 aliphatic carbocycles. The number of fused-ring (bicyclic) bond motifs is 3. The molecule has 0 spiro atoms. The van der Waals surface area contributed by atoms with Crippen molar-refractivity contribution in [2.24, 2.45) is 0 Å². The van der Waals surface area contributed by atoms with E-state index in [1.165, 1.54) is 60.8 Å². The lowest BCUT2D eigenvalue weighted by atomic mass is 9.89. The van der Waals surface area contributed by atoms with Gasteiger partial charge in [0.15, 0.2) is 5.82 Å². The quantitative estimate of drug-likeness (QED) is 0.131. The summed E-state index contributed by atoms with van der Waals surface area (Å²) < 4.78 is 2.40. The smallest absolute Gasteiger partial charge is 0.160 e. The Morgan fingerprint density at radius 2 is 1.17 bits per heavy atom. The molecule has 9 rings (SSSR count). The number of nitrogens with zero attached hydrogens (tertiary/aromatic N) is 3. The summed E-state index contributed by atoms with van der Waals surface area (Å²) in [5.74, 6) is 0.644. The van der Waals surface area contributed by atoms with Gasteiger partial charge in [-0.1, -0.05) is 176 Å². The highest BCUT2D eigenvalue weighted by Gasteiger charge is 2.16. The number of hydrogen-bond donors (Lipinski definition) is 0. The summed E-state index contributed by atoms with van der Waals surface area (Å²) in [6, 6.07) is 62.5. The van der Waals surface area contributed by atoms with Gasteiger partial charge >= 0.3 is 0 Å². The van der Waals surface area contributed by atoms with Crippen LogP contribution in [-0.2, 0) is 6.42 Å². The Morgan fingerprint density at radius 3 is 1.88 bits per heavy atom. The molecule has 0 atom stereocenters. The Balaban J connectivity index is 1.03. The van der Waals surface area contributed by atoms with Crippen LogP contribution in [0.15, 0.2) is 207 Å². The van der Waals surface area contributed by atoms with Crippen LogP contribution in [0.1, 0.15) is 22.5 Å². The molecule has 278 valence electrons. The molecule has 9 aromatic rings. The summed E-state index contributed by atoms with van der Waals surface area (Å²) in [5, 5.41) is 2.49. The standard InChI is InChI=1S/C55H43N3/c1-4-41(55-56-50(43-22-7-5-8-23-43)37-51(57-55)44-24-9-6-10-25-44)21-13-12-20-40-30-35-49-48-27-15-16-29-52(48)58(53(49)36-40)45-33-31-42(32-34-45)47-28-17-19-39(3)54(47)46-26-14-11-18-38(46)2/h4-19,21-37H,1,20H2,2-3H3/b13-12-,41-21+. The highest BCUT2D eigenvalue weighted by atomic mass is 15.0. The number of rotatable bonds is 10. The van der Waals surface area contributed by atoms with Crippen LogP contribution in [0.5, 0.6) is 0 Å². The monoisotopic (exact) mass is 745 g/mol. The second-order valence-electron chi connectivity index (χ2n) is 14.7. The topological polar surface area (TPSA) is 30.7 Å². The van der Waals surface area contributed by atoms with E-state index in [-0.39, 0.29) is 0 Å². The van der Waals surface area contributed by atoms with Crippen molar-refractivity contribution >= 4 is 27.4 Å². The summed E-state index contributed by atoms with van der Waals surface area (Å²) in [6.45, 7) is 8.54. The third kappa shape index (κ3) is 7.11. The van der Waals surface area contributed by atoms with E-state index in [2.05, 4.69) is 183 Å². The molecule has 0 saturated heterocycles. The summed E-state index contributed by atoms with van der Waals surface area (Å²) >= 11 is 0. The Labute approximate surface area is 340 Å². The van der Waals surface area contributed by atoms with Crippen molar-refractivity contribution in [2.45, 2.75) is 20.3 Å². The van der Waals surface area contributed by atoms with Crippen LogP contribution >= 0.6 is 0 Å². The van der Waals surface area contributed by atoms with Gasteiger partial charge in [0.2, 0.25) is 0 Å². The van der Waals surface area contributed by atoms with E-state index in [0.717, 1.165) is 40.2 Å². The van der Waals surface area contributed by atoms with Gasteiger partial charge in [-0.05, 0) is 89.5 Å². The molecule has 7 aromatic carbocycles. The van der Waals surface area contributed by atoms with E-state index in [1.807, 2.05) is 42.5 Å². The van der Waals surface area contributed by atoms with Gasteiger partial charge in [-0.15, -0.1) is 0 Å². The highest BCUT2D eigenvalue weighted by Crippen LogP contribution is 2.38. The number of benzene rings is 7. The van der Waals surface area contributed by atoms with Crippen molar-refractivity contribution < 1.29 is 0 Å². The van der Waals surface area contributed by atoms with E-state index >= 15 is 0 Å². The van der Waals surface area contributed by atoms with Gasteiger partial charge in [0.1, 0.15) is 0 Å². The molecule has 0 amide bonds. The van der Waals surface area contributed by atoms with Gasteiger partial charge in [-0.2, -0.15) is 0 Å². The Morgan fingerprint density at radius 1 is 0.552 bits per heavy atom. The average molecular weight is 746 g/mol. The maximum atomic E-state index is 4.99. The molecule has 0 radical (unpaired) electrons. The summed E-state index contributed by atoms with van der Waals surface area (Å²) in [6.07, 6.45) is 8.95. The Kier molecular flexibility index (Phi) is 10.0. The summed E-state index contributed by atoms with van der Waals surface area (Å²) in [4.78, 5) is 9.98. The molecule has 0 N–H and O–H groups in total. The Hall–Kier alpha value is -7.36. The first-order valence-corrected chi connectivity index (χ1v) is 19.8. The van der Waals surface area contributed by atoms with E-state index < -0.39 is 0 Å². The first-order valence-electron chi connectivity index (χ1n) is 19.8. The lowest BCUT2D eigenvalue weighted by Gasteiger charge is -2.16. The average Bonchev–Trinajstić information content (AvgIpc) is 3.61. The van der Waals surface area contributed by atoms with E-state index in [1.54, 1.807) is 0 Å². The molecule has 3 nitrogen and oxygen atoms in total. The fraction of sp³-hybridized carbons (Fsp3) is 0.0545. The molecule has 3 heteroatoms. The third-order valence-electron chi connectivity index (χ3n) is 11.0. The van der Waals surface area contributed by atoms with Crippen molar-refractivity contribution in [1.29, 1.82) is 0 Å². The van der Waals surface area contributed by atoms with Crippen molar-refractivity contribution in [3.63, 3.8) is 0 Å². The SMILES string of the molecule is C=C/C(=C\C=C/Cc1ccc2c3ccccc3n(-c3ccc(-c4cccc(C)c4-c4ccccc4C)cc3)c2c1)c1nc(-c2ccccc2)cc(-c2ccccc2)n1. The number of allylic oxidation sites excluding steroid dienone is 5. The van der Waals surface area contributed by atoms with Crippen LogP contribution in [0, 0.1) is 13.8 Å². The maximum absolute atomic E-state index is 4.99. The lowest BCUT2D eigenvalue weighted by molar-refractivity contribution is 1.13. The normalized spacial score (nSPS) is 11.8. The number of hydrogen-bond acceptors (Lipinski definition) is 2. The van der Waals surface area contributed by atoms with Crippen molar-refractivity contribution in [3.05, 3.63) is 229 Å². The Bertz CT molecular complexity index is 2930. The van der Waals surface area contributed by atoms with Gasteiger partial charge in [0.05, 0.1) is 22.4 Å².